The monoisotopic (exact) mass is 445 g/mol. The topological polar surface area (TPSA) is 60.4 Å². The third-order valence-electron chi connectivity index (χ3n) is 4.30. The van der Waals surface area contributed by atoms with Gasteiger partial charge < -0.3 is 4.42 Å². The number of thiophene rings is 1. The van der Waals surface area contributed by atoms with E-state index in [2.05, 4.69) is 10.1 Å². The van der Waals surface area contributed by atoms with Crippen LogP contribution in [0.1, 0.15) is 11.3 Å². The van der Waals surface area contributed by atoms with Gasteiger partial charge in [0.1, 0.15) is 16.1 Å². The predicted octanol–water partition coefficient (Wildman–Crippen LogP) is 4.71. The molecule has 0 aliphatic heterocycles. The van der Waals surface area contributed by atoms with Crippen molar-refractivity contribution in [3.8, 4) is 22.0 Å². The standard InChI is InChI=1S/C20H10F3N3O2S2/c21-20(22,23)12-4-1-3-11(9-12)14-7-6-13(28-14)10-16-18(27)26-19(30-16)24-17(25-26)15-5-2-8-29-15/h1-10H/b16-10-. The number of hydrogen-bond donors (Lipinski definition) is 0. The van der Waals surface area contributed by atoms with Crippen LogP contribution in [0, 0.1) is 0 Å². The average Bonchev–Trinajstić information content (AvgIpc) is 3.48. The molecule has 0 saturated heterocycles. The largest absolute Gasteiger partial charge is 0.457 e. The van der Waals surface area contributed by atoms with Crippen LogP contribution < -0.4 is 10.1 Å². The van der Waals surface area contributed by atoms with Gasteiger partial charge in [0.2, 0.25) is 4.96 Å². The first-order valence-electron chi connectivity index (χ1n) is 8.61. The predicted molar refractivity (Wildman–Crippen MR) is 108 cm³/mol. The Morgan fingerprint density at radius 1 is 1.10 bits per heavy atom. The average molecular weight is 445 g/mol. The van der Waals surface area contributed by atoms with Gasteiger partial charge in [0.15, 0.2) is 5.82 Å². The van der Waals surface area contributed by atoms with Gasteiger partial charge in [0.25, 0.3) is 5.56 Å². The summed E-state index contributed by atoms with van der Waals surface area (Å²) in [7, 11) is 0. The summed E-state index contributed by atoms with van der Waals surface area (Å²) < 4.78 is 46.0. The molecule has 5 rings (SSSR count). The first-order chi connectivity index (χ1) is 14.4. The van der Waals surface area contributed by atoms with Crippen LogP contribution in [0.25, 0.3) is 33.1 Å². The van der Waals surface area contributed by atoms with Crippen LogP contribution in [0.3, 0.4) is 0 Å². The Hall–Kier alpha value is -3.24. The Bertz CT molecular complexity index is 1460. The zero-order chi connectivity index (χ0) is 20.9. The number of hydrogen-bond acceptors (Lipinski definition) is 6. The summed E-state index contributed by atoms with van der Waals surface area (Å²) in [5.74, 6) is 1.12. The molecule has 0 N–H and O–H groups in total. The molecule has 0 bridgehead atoms. The summed E-state index contributed by atoms with van der Waals surface area (Å²) >= 11 is 2.65. The number of benzene rings is 1. The van der Waals surface area contributed by atoms with Crippen LogP contribution >= 0.6 is 22.7 Å². The molecule has 150 valence electrons. The number of aromatic nitrogens is 3. The van der Waals surface area contributed by atoms with E-state index < -0.39 is 11.7 Å². The minimum Gasteiger partial charge on any atom is -0.457 e. The van der Waals surface area contributed by atoms with Crippen molar-refractivity contribution in [1.29, 1.82) is 0 Å². The summed E-state index contributed by atoms with van der Waals surface area (Å²) in [6.45, 7) is 0. The second-order valence-electron chi connectivity index (χ2n) is 6.30. The SMILES string of the molecule is O=c1/c(=C/c2ccc(-c3cccc(C(F)(F)F)c3)o2)sc2nc(-c3cccs3)nn12. The maximum Gasteiger partial charge on any atom is 0.416 e. The number of furan rings is 1. The Morgan fingerprint density at radius 2 is 1.97 bits per heavy atom. The summed E-state index contributed by atoms with van der Waals surface area (Å²) in [5.41, 5.74) is -0.784. The molecule has 4 heterocycles. The van der Waals surface area contributed by atoms with Gasteiger partial charge in [-0.25, -0.2) is 0 Å². The molecule has 5 nitrogen and oxygen atoms in total. The third-order valence-corrected chi connectivity index (χ3v) is 6.12. The van der Waals surface area contributed by atoms with Gasteiger partial charge in [0, 0.05) is 11.6 Å². The Labute approximate surface area is 174 Å². The number of thiazole rings is 1. The van der Waals surface area contributed by atoms with Crippen molar-refractivity contribution in [3.63, 3.8) is 0 Å². The molecule has 10 heteroatoms. The molecule has 0 radical (unpaired) electrons. The van der Waals surface area contributed by atoms with Crippen molar-refractivity contribution < 1.29 is 17.6 Å². The van der Waals surface area contributed by atoms with Crippen molar-refractivity contribution in [1.82, 2.24) is 14.6 Å². The molecular weight excluding hydrogens is 435 g/mol. The van der Waals surface area contributed by atoms with Gasteiger partial charge in [-0.1, -0.05) is 29.5 Å². The van der Waals surface area contributed by atoms with Crippen LogP contribution in [0.2, 0.25) is 0 Å². The highest BCUT2D eigenvalue weighted by atomic mass is 32.1. The lowest BCUT2D eigenvalue weighted by Crippen LogP contribution is -2.23. The highest BCUT2D eigenvalue weighted by molar-refractivity contribution is 7.15. The van der Waals surface area contributed by atoms with E-state index in [1.165, 1.54) is 34.1 Å². The van der Waals surface area contributed by atoms with Gasteiger partial charge in [-0.3, -0.25) is 4.79 Å². The Kier molecular flexibility index (Phi) is 4.33. The maximum absolute atomic E-state index is 12.9. The van der Waals surface area contributed by atoms with E-state index in [1.54, 1.807) is 12.1 Å². The van der Waals surface area contributed by atoms with Crippen molar-refractivity contribution in [2.45, 2.75) is 6.18 Å². The molecule has 4 aromatic heterocycles. The summed E-state index contributed by atoms with van der Waals surface area (Å²) in [6, 6.07) is 11.8. The van der Waals surface area contributed by atoms with Gasteiger partial charge in [-0.15, -0.1) is 16.4 Å². The smallest absolute Gasteiger partial charge is 0.416 e. The summed E-state index contributed by atoms with van der Waals surface area (Å²) in [6.07, 6.45) is -2.90. The number of rotatable bonds is 3. The second kappa shape index (κ2) is 6.92. The molecule has 0 spiro atoms. The fourth-order valence-corrected chi connectivity index (χ4v) is 4.45. The van der Waals surface area contributed by atoms with Crippen LogP contribution in [-0.4, -0.2) is 14.6 Å². The maximum atomic E-state index is 12.9. The number of nitrogens with zero attached hydrogens (tertiary/aromatic N) is 3. The number of halogens is 3. The van der Waals surface area contributed by atoms with E-state index in [9.17, 15) is 18.0 Å². The van der Waals surface area contributed by atoms with E-state index in [1.807, 2.05) is 17.5 Å². The molecule has 30 heavy (non-hydrogen) atoms. The van der Waals surface area contributed by atoms with E-state index in [0.717, 1.165) is 28.3 Å². The molecular formula is C20H10F3N3O2S2. The molecule has 0 aliphatic rings. The van der Waals surface area contributed by atoms with Crippen LogP contribution in [-0.2, 0) is 6.18 Å². The number of fused-ring (bicyclic) bond motifs is 1. The van der Waals surface area contributed by atoms with Gasteiger partial charge in [0.05, 0.1) is 10.4 Å². The minimum atomic E-state index is -4.43. The van der Waals surface area contributed by atoms with Crippen LogP contribution in [0.5, 0.6) is 0 Å². The normalized spacial score (nSPS) is 12.8. The molecule has 0 amide bonds. The molecule has 1 aromatic carbocycles. The first-order valence-corrected chi connectivity index (χ1v) is 10.3. The number of alkyl halides is 3. The van der Waals surface area contributed by atoms with Crippen molar-refractivity contribution in [2.75, 3.05) is 0 Å². The van der Waals surface area contributed by atoms with E-state index in [4.69, 9.17) is 4.42 Å². The molecule has 0 saturated carbocycles. The lowest BCUT2D eigenvalue weighted by molar-refractivity contribution is -0.137. The minimum absolute atomic E-state index is 0.277. The second-order valence-corrected chi connectivity index (χ2v) is 8.26. The Balaban J connectivity index is 1.50. The van der Waals surface area contributed by atoms with Crippen LogP contribution in [0.4, 0.5) is 13.2 Å². The van der Waals surface area contributed by atoms with E-state index >= 15 is 0 Å². The zero-order valence-corrected chi connectivity index (χ0v) is 16.5. The quantitative estimate of drug-likeness (QED) is 0.404. The van der Waals surface area contributed by atoms with Gasteiger partial charge in [-0.2, -0.15) is 22.7 Å². The van der Waals surface area contributed by atoms with Gasteiger partial charge in [-0.05, 0) is 35.7 Å². The molecule has 0 atom stereocenters. The fraction of sp³-hybridized carbons (Fsp3) is 0.0500. The van der Waals surface area contributed by atoms with Gasteiger partial charge >= 0.3 is 6.18 Å². The highest BCUT2D eigenvalue weighted by Gasteiger charge is 2.30. The Morgan fingerprint density at radius 3 is 2.70 bits per heavy atom. The molecule has 0 aliphatic carbocycles. The molecule has 0 unspecified atom stereocenters. The molecule has 0 fully saturated rings. The lowest BCUT2D eigenvalue weighted by atomic mass is 10.1. The van der Waals surface area contributed by atoms with E-state index in [0.29, 0.717) is 26.6 Å². The summed E-state index contributed by atoms with van der Waals surface area (Å²) in [5, 5.41) is 6.16. The van der Waals surface area contributed by atoms with Crippen molar-refractivity contribution in [3.05, 3.63) is 80.1 Å². The zero-order valence-electron chi connectivity index (χ0n) is 14.9. The highest BCUT2D eigenvalue weighted by Crippen LogP contribution is 2.32. The molecule has 5 aromatic rings. The van der Waals surface area contributed by atoms with Crippen LogP contribution in [0.15, 0.2) is 63.1 Å². The third kappa shape index (κ3) is 3.33. The first kappa shape index (κ1) is 18.8. The summed E-state index contributed by atoms with van der Waals surface area (Å²) in [4.78, 5) is 18.3. The van der Waals surface area contributed by atoms with Crippen molar-refractivity contribution in [2.24, 2.45) is 0 Å². The lowest BCUT2D eigenvalue weighted by Gasteiger charge is -2.07. The van der Waals surface area contributed by atoms with E-state index in [-0.39, 0.29) is 11.3 Å². The fourth-order valence-electron chi connectivity index (χ4n) is 2.91. The van der Waals surface area contributed by atoms with Crippen molar-refractivity contribution >= 4 is 33.7 Å².